The summed E-state index contributed by atoms with van der Waals surface area (Å²) >= 11 is 0. The molecule has 0 bridgehead atoms. The number of hydrogen-bond donors (Lipinski definition) is 2. The number of carboxylic acids is 1. The number of carbonyl (C=O) groups is 1. The highest BCUT2D eigenvalue weighted by atomic mass is 16.5. The highest BCUT2D eigenvalue weighted by Crippen LogP contribution is 2.29. The molecule has 2 N–H and O–H groups in total. The molecule has 0 radical (unpaired) electrons. The molecule has 4 rings (SSSR count). The zero-order valence-corrected chi connectivity index (χ0v) is 16.8. The van der Waals surface area contributed by atoms with E-state index in [-0.39, 0.29) is 5.69 Å². The van der Waals surface area contributed by atoms with Crippen LogP contribution in [0.2, 0.25) is 0 Å². The summed E-state index contributed by atoms with van der Waals surface area (Å²) in [4.78, 5) is 19.2. The van der Waals surface area contributed by atoms with Crippen LogP contribution >= 0.6 is 0 Å². The largest absolute Gasteiger partial charge is 0.497 e. The summed E-state index contributed by atoms with van der Waals surface area (Å²) in [6.07, 6.45) is 1.38. The van der Waals surface area contributed by atoms with Gasteiger partial charge in [0.1, 0.15) is 28.5 Å². The molecule has 0 atom stereocenters. The van der Waals surface area contributed by atoms with E-state index in [0.717, 1.165) is 5.56 Å². The summed E-state index contributed by atoms with van der Waals surface area (Å²) in [5.74, 6) is 1.11. The monoisotopic (exact) mass is 421 g/mol. The first-order valence-electron chi connectivity index (χ1n) is 9.28. The van der Waals surface area contributed by atoms with Crippen molar-refractivity contribution in [3.05, 3.63) is 66.0 Å². The highest BCUT2D eigenvalue weighted by Gasteiger charge is 2.11. The van der Waals surface area contributed by atoms with Crippen LogP contribution in [0.25, 0.3) is 11.1 Å². The number of oxazole rings is 1. The molecule has 0 saturated carbocycles. The zero-order valence-electron chi connectivity index (χ0n) is 16.8. The third kappa shape index (κ3) is 4.50. The van der Waals surface area contributed by atoms with Gasteiger partial charge in [-0.3, -0.25) is 0 Å². The minimum atomic E-state index is -1.12. The quantitative estimate of drug-likeness (QED) is 0.428. The predicted molar refractivity (Wildman–Crippen MR) is 112 cm³/mol. The maximum absolute atomic E-state index is 11.1. The molecule has 0 unspecified atom stereocenters. The van der Waals surface area contributed by atoms with Gasteiger partial charge in [0.2, 0.25) is 0 Å². The van der Waals surface area contributed by atoms with E-state index in [1.165, 1.54) is 12.3 Å². The summed E-state index contributed by atoms with van der Waals surface area (Å²) in [7, 11) is 3.20. The number of hydrogen-bond acceptors (Lipinski definition) is 8. The molecule has 0 amide bonds. The number of fused-ring (bicyclic) bond motifs is 1. The molecule has 0 fully saturated rings. The summed E-state index contributed by atoms with van der Waals surface area (Å²) in [6, 6.07) is 14.0. The lowest BCUT2D eigenvalue weighted by Crippen LogP contribution is -2.02. The van der Waals surface area contributed by atoms with Crippen molar-refractivity contribution in [2.45, 2.75) is 6.54 Å². The van der Waals surface area contributed by atoms with Crippen LogP contribution in [0, 0.1) is 0 Å². The molecule has 0 saturated heterocycles. The van der Waals surface area contributed by atoms with E-state index in [0.29, 0.717) is 46.7 Å². The Labute approximate surface area is 177 Å². The van der Waals surface area contributed by atoms with Crippen LogP contribution in [0.5, 0.6) is 23.0 Å². The molecule has 2 heterocycles. The van der Waals surface area contributed by atoms with Crippen molar-refractivity contribution < 1.29 is 28.5 Å². The zero-order chi connectivity index (χ0) is 21.8. The third-order valence-corrected chi connectivity index (χ3v) is 4.47. The second kappa shape index (κ2) is 8.62. The molecule has 0 aliphatic heterocycles. The van der Waals surface area contributed by atoms with Gasteiger partial charge in [-0.2, -0.15) is 4.98 Å². The second-order valence-corrected chi connectivity index (χ2v) is 6.46. The smallest absolute Gasteiger partial charge is 0.354 e. The maximum atomic E-state index is 11.1. The van der Waals surface area contributed by atoms with E-state index in [9.17, 15) is 4.79 Å². The van der Waals surface area contributed by atoms with Crippen molar-refractivity contribution in [3.63, 3.8) is 0 Å². The van der Waals surface area contributed by atoms with Crippen LogP contribution in [0.1, 0.15) is 16.1 Å². The average molecular weight is 421 g/mol. The van der Waals surface area contributed by atoms with Gasteiger partial charge in [-0.15, -0.1) is 0 Å². The standard InChI is InChI=1S/C22H19N3O6/c1-28-14-4-3-13(19(10-14)29-2)12-24-22-25-17-6-5-15(11-20(17)31-22)30-16-7-8-23-18(9-16)21(26)27/h3-11H,12H2,1-2H3,(H,24,25)(H,26,27). The van der Waals surface area contributed by atoms with Gasteiger partial charge in [-0.1, -0.05) is 0 Å². The number of aromatic carboxylic acids is 1. The number of ether oxygens (including phenoxy) is 3. The Hall–Kier alpha value is -4.27. The Morgan fingerprint density at radius 3 is 2.61 bits per heavy atom. The van der Waals surface area contributed by atoms with E-state index in [1.807, 2.05) is 18.2 Å². The van der Waals surface area contributed by atoms with Gasteiger partial charge in [0.25, 0.3) is 6.01 Å². The van der Waals surface area contributed by atoms with Crippen molar-refractivity contribution in [2.24, 2.45) is 0 Å². The summed E-state index contributed by atoms with van der Waals surface area (Å²) in [5.41, 5.74) is 1.99. The summed E-state index contributed by atoms with van der Waals surface area (Å²) in [6.45, 7) is 0.443. The first kappa shape index (κ1) is 20.0. The molecular formula is C22H19N3O6. The molecule has 9 heteroatoms. The van der Waals surface area contributed by atoms with E-state index in [2.05, 4.69) is 15.3 Å². The summed E-state index contributed by atoms with van der Waals surface area (Å²) in [5, 5.41) is 12.2. The third-order valence-electron chi connectivity index (χ3n) is 4.47. The highest BCUT2D eigenvalue weighted by molar-refractivity contribution is 5.85. The van der Waals surface area contributed by atoms with E-state index < -0.39 is 5.97 Å². The number of aromatic nitrogens is 2. The van der Waals surface area contributed by atoms with Gasteiger partial charge < -0.3 is 29.1 Å². The predicted octanol–water partition coefficient (Wildman–Crippen LogP) is 4.34. The Morgan fingerprint density at radius 2 is 1.84 bits per heavy atom. The number of pyridine rings is 1. The Balaban J connectivity index is 1.49. The number of carboxylic acid groups (broad SMARTS) is 1. The minimum Gasteiger partial charge on any atom is -0.497 e. The fourth-order valence-corrected chi connectivity index (χ4v) is 2.94. The van der Waals surface area contributed by atoms with Crippen LogP contribution in [-0.4, -0.2) is 35.3 Å². The van der Waals surface area contributed by atoms with Crippen molar-refractivity contribution >= 4 is 23.1 Å². The number of nitrogens with zero attached hydrogens (tertiary/aromatic N) is 2. The van der Waals surface area contributed by atoms with E-state index in [4.69, 9.17) is 23.7 Å². The fourth-order valence-electron chi connectivity index (χ4n) is 2.94. The molecule has 0 aliphatic carbocycles. The molecule has 158 valence electrons. The lowest BCUT2D eigenvalue weighted by atomic mass is 10.2. The number of anilines is 1. The topological polar surface area (TPSA) is 116 Å². The van der Waals surface area contributed by atoms with Gasteiger partial charge >= 0.3 is 5.97 Å². The first-order chi connectivity index (χ1) is 15.1. The van der Waals surface area contributed by atoms with Crippen LogP contribution in [-0.2, 0) is 6.54 Å². The Morgan fingerprint density at radius 1 is 1.03 bits per heavy atom. The van der Waals surface area contributed by atoms with Crippen LogP contribution in [0.4, 0.5) is 6.01 Å². The van der Waals surface area contributed by atoms with Gasteiger partial charge in [-0.25, -0.2) is 9.78 Å². The van der Waals surface area contributed by atoms with Crippen molar-refractivity contribution in [3.8, 4) is 23.0 Å². The van der Waals surface area contributed by atoms with Crippen molar-refractivity contribution in [1.29, 1.82) is 0 Å². The van der Waals surface area contributed by atoms with Crippen LogP contribution in [0.3, 0.4) is 0 Å². The normalized spacial score (nSPS) is 10.6. The molecule has 2 aromatic heterocycles. The summed E-state index contributed by atoms with van der Waals surface area (Å²) < 4.78 is 22.1. The first-order valence-corrected chi connectivity index (χ1v) is 9.28. The Kier molecular flexibility index (Phi) is 5.57. The van der Waals surface area contributed by atoms with Gasteiger partial charge in [0.15, 0.2) is 11.3 Å². The molecule has 0 spiro atoms. The number of benzene rings is 2. The molecule has 0 aliphatic rings. The molecule has 31 heavy (non-hydrogen) atoms. The fraction of sp³-hybridized carbons (Fsp3) is 0.136. The lowest BCUT2D eigenvalue weighted by molar-refractivity contribution is 0.0690. The van der Waals surface area contributed by atoms with Crippen LogP contribution in [0.15, 0.2) is 59.1 Å². The van der Waals surface area contributed by atoms with E-state index in [1.54, 1.807) is 38.5 Å². The Bertz CT molecular complexity index is 1240. The minimum absolute atomic E-state index is 0.0984. The van der Waals surface area contributed by atoms with E-state index >= 15 is 0 Å². The van der Waals surface area contributed by atoms with Crippen molar-refractivity contribution in [1.82, 2.24) is 9.97 Å². The molecular weight excluding hydrogens is 402 g/mol. The number of rotatable bonds is 8. The molecule has 2 aromatic carbocycles. The number of nitrogens with one attached hydrogen (secondary N) is 1. The average Bonchev–Trinajstić information content (AvgIpc) is 3.20. The van der Waals surface area contributed by atoms with Crippen LogP contribution < -0.4 is 19.5 Å². The van der Waals surface area contributed by atoms with Gasteiger partial charge in [-0.05, 0) is 30.3 Å². The lowest BCUT2D eigenvalue weighted by Gasteiger charge is -2.10. The number of methoxy groups -OCH3 is 2. The molecule has 9 nitrogen and oxygen atoms in total. The SMILES string of the molecule is COc1ccc(CNc2nc3ccc(Oc4ccnc(C(=O)O)c4)cc3o2)c(OC)c1. The second-order valence-electron chi connectivity index (χ2n) is 6.46. The van der Waals surface area contributed by atoms with Crippen molar-refractivity contribution in [2.75, 3.05) is 19.5 Å². The van der Waals surface area contributed by atoms with Gasteiger partial charge in [0, 0.05) is 36.5 Å². The maximum Gasteiger partial charge on any atom is 0.354 e. The molecule has 4 aromatic rings. The van der Waals surface area contributed by atoms with Gasteiger partial charge in [0.05, 0.1) is 14.2 Å².